The van der Waals surface area contributed by atoms with Crippen molar-refractivity contribution in [1.29, 1.82) is 0 Å². The first-order chi connectivity index (χ1) is 12.0. The Hall–Kier alpha value is -1.81. The molecule has 0 fully saturated rings. The van der Waals surface area contributed by atoms with Gasteiger partial charge in [0.05, 0.1) is 4.47 Å². The van der Waals surface area contributed by atoms with Gasteiger partial charge in [0.15, 0.2) is 6.61 Å². The van der Waals surface area contributed by atoms with Crippen molar-refractivity contribution in [2.24, 2.45) is 0 Å². The van der Waals surface area contributed by atoms with Crippen molar-refractivity contribution in [3.8, 4) is 5.75 Å². The third-order valence-electron chi connectivity index (χ3n) is 4.65. The number of aryl methyl sites for hydroxylation is 1. The molecule has 4 heteroatoms. The molecule has 0 heterocycles. The van der Waals surface area contributed by atoms with Gasteiger partial charge in [0.25, 0.3) is 5.91 Å². The molecule has 0 spiro atoms. The van der Waals surface area contributed by atoms with E-state index in [-0.39, 0.29) is 12.5 Å². The zero-order valence-electron chi connectivity index (χ0n) is 14.8. The van der Waals surface area contributed by atoms with E-state index in [9.17, 15) is 4.79 Å². The highest BCUT2D eigenvalue weighted by Gasteiger charge is 2.15. The van der Waals surface area contributed by atoms with E-state index in [1.54, 1.807) is 0 Å². The van der Waals surface area contributed by atoms with Crippen molar-refractivity contribution in [2.75, 3.05) is 11.9 Å². The quantitative estimate of drug-likeness (QED) is 0.721. The molecule has 0 atom stereocenters. The molecule has 3 rings (SSSR count). The molecule has 0 aliphatic heterocycles. The van der Waals surface area contributed by atoms with Crippen LogP contribution in [0.3, 0.4) is 0 Å². The Balaban J connectivity index is 1.62. The van der Waals surface area contributed by atoms with Gasteiger partial charge in [-0.2, -0.15) is 0 Å². The third kappa shape index (κ3) is 4.43. The fraction of sp³-hybridized carbons (Fsp3) is 0.381. The molecular weight excluding hydrogens is 378 g/mol. The van der Waals surface area contributed by atoms with Crippen molar-refractivity contribution in [2.45, 2.75) is 45.4 Å². The number of carbonyl (C=O) groups excluding carboxylic acids is 1. The number of benzene rings is 2. The summed E-state index contributed by atoms with van der Waals surface area (Å²) in [7, 11) is 0. The largest absolute Gasteiger partial charge is 0.483 e. The maximum atomic E-state index is 12.3. The van der Waals surface area contributed by atoms with Crippen molar-refractivity contribution in [3.05, 3.63) is 57.6 Å². The van der Waals surface area contributed by atoms with Gasteiger partial charge in [-0.05, 0) is 82.4 Å². The zero-order chi connectivity index (χ0) is 17.8. The molecule has 1 aliphatic rings. The highest BCUT2D eigenvalue weighted by atomic mass is 79.9. The van der Waals surface area contributed by atoms with Gasteiger partial charge in [-0.15, -0.1) is 0 Å². The van der Waals surface area contributed by atoms with Crippen LogP contribution in [0.1, 0.15) is 49.3 Å². The second kappa shape index (κ2) is 8.05. The summed E-state index contributed by atoms with van der Waals surface area (Å²) in [5.41, 5.74) is 4.81. The topological polar surface area (TPSA) is 38.3 Å². The molecule has 2 aromatic carbocycles. The average Bonchev–Trinajstić information content (AvgIpc) is 2.61. The molecule has 0 aromatic heterocycles. The van der Waals surface area contributed by atoms with Crippen molar-refractivity contribution < 1.29 is 9.53 Å². The highest BCUT2D eigenvalue weighted by Crippen LogP contribution is 2.30. The summed E-state index contributed by atoms with van der Waals surface area (Å²) in [4.78, 5) is 12.3. The summed E-state index contributed by atoms with van der Waals surface area (Å²) >= 11 is 3.52. The minimum atomic E-state index is -0.126. The van der Waals surface area contributed by atoms with E-state index in [2.05, 4.69) is 41.2 Å². The number of carbonyl (C=O) groups is 1. The van der Waals surface area contributed by atoms with Crippen LogP contribution >= 0.6 is 15.9 Å². The maximum absolute atomic E-state index is 12.3. The number of ether oxygens (including phenoxy) is 1. The Morgan fingerprint density at radius 3 is 2.76 bits per heavy atom. The van der Waals surface area contributed by atoms with Gasteiger partial charge < -0.3 is 10.1 Å². The molecule has 0 saturated carbocycles. The fourth-order valence-electron chi connectivity index (χ4n) is 3.22. The molecule has 1 aliphatic carbocycles. The number of hydrogen-bond acceptors (Lipinski definition) is 2. The summed E-state index contributed by atoms with van der Waals surface area (Å²) in [6.07, 6.45) is 4.55. The summed E-state index contributed by atoms with van der Waals surface area (Å²) in [6, 6.07) is 12.2. The Kier molecular flexibility index (Phi) is 5.79. The van der Waals surface area contributed by atoms with E-state index in [1.165, 1.54) is 29.5 Å². The van der Waals surface area contributed by atoms with Gasteiger partial charge >= 0.3 is 0 Å². The second-order valence-electron chi connectivity index (χ2n) is 6.83. The molecule has 1 amide bonds. The van der Waals surface area contributed by atoms with E-state index >= 15 is 0 Å². The summed E-state index contributed by atoms with van der Waals surface area (Å²) < 4.78 is 6.57. The Morgan fingerprint density at radius 2 is 2.00 bits per heavy atom. The van der Waals surface area contributed by atoms with Crippen LogP contribution in [0.2, 0.25) is 0 Å². The van der Waals surface area contributed by atoms with Crippen LogP contribution in [0.15, 0.2) is 40.9 Å². The Labute approximate surface area is 157 Å². The normalized spacial score (nSPS) is 13.4. The smallest absolute Gasteiger partial charge is 0.262 e. The number of fused-ring (bicyclic) bond motifs is 1. The molecule has 3 nitrogen and oxygen atoms in total. The first kappa shape index (κ1) is 18.0. The maximum Gasteiger partial charge on any atom is 0.262 e. The first-order valence-corrected chi connectivity index (χ1v) is 9.66. The van der Waals surface area contributed by atoms with Gasteiger partial charge in [0.1, 0.15) is 5.75 Å². The standard InChI is InChI=1S/C21H24BrNO2/c1-14(2)16-10-11-20(18(22)12-16)25-13-21(24)23-19-9-5-7-15-6-3-4-8-17(15)19/h5,7,9-12,14H,3-4,6,8,13H2,1-2H3,(H,23,24). The lowest BCUT2D eigenvalue weighted by molar-refractivity contribution is -0.118. The van der Waals surface area contributed by atoms with Crippen molar-refractivity contribution in [1.82, 2.24) is 0 Å². The van der Waals surface area contributed by atoms with E-state index < -0.39 is 0 Å². The Bertz CT molecular complexity index is 770. The first-order valence-electron chi connectivity index (χ1n) is 8.87. The third-order valence-corrected chi connectivity index (χ3v) is 5.27. The molecule has 1 N–H and O–H groups in total. The number of amides is 1. The minimum absolute atomic E-state index is 0.00327. The zero-order valence-corrected chi connectivity index (χ0v) is 16.4. The summed E-state index contributed by atoms with van der Waals surface area (Å²) in [6.45, 7) is 4.30. The molecular formula is C21H24BrNO2. The fourth-order valence-corrected chi connectivity index (χ4v) is 3.73. The van der Waals surface area contributed by atoms with Gasteiger partial charge in [0.2, 0.25) is 0 Å². The van der Waals surface area contributed by atoms with Crippen molar-refractivity contribution >= 4 is 27.5 Å². The van der Waals surface area contributed by atoms with E-state index in [0.29, 0.717) is 11.7 Å². The molecule has 0 saturated heterocycles. The minimum Gasteiger partial charge on any atom is -0.483 e. The van der Waals surface area contributed by atoms with Gasteiger partial charge in [-0.3, -0.25) is 4.79 Å². The molecule has 0 radical (unpaired) electrons. The predicted molar refractivity (Wildman–Crippen MR) is 105 cm³/mol. The van der Waals surface area contributed by atoms with Gasteiger partial charge in [0, 0.05) is 5.69 Å². The molecule has 0 unspecified atom stereocenters. The second-order valence-corrected chi connectivity index (χ2v) is 7.69. The predicted octanol–water partition coefficient (Wildman–Crippen LogP) is 5.47. The van der Waals surface area contributed by atoms with Gasteiger partial charge in [-0.25, -0.2) is 0 Å². The van der Waals surface area contributed by atoms with Crippen LogP contribution in [-0.4, -0.2) is 12.5 Å². The SMILES string of the molecule is CC(C)c1ccc(OCC(=O)Nc2cccc3c2CCCC3)c(Br)c1. The number of halogens is 1. The molecule has 2 aromatic rings. The summed E-state index contributed by atoms with van der Waals surface area (Å²) in [5.74, 6) is 1.02. The number of anilines is 1. The van der Waals surface area contributed by atoms with Crippen LogP contribution in [0.25, 0.3) is 0 Å². The summed E-state index contributed by atoms with van der Waals surface area (Å²) in [5, 5.41) is 3.01. The monoisotopic (exact) mass is 401 g/mol. The van der Waals surface area contributed by atoms with E-state index in [1.807, 2.05) is 30.3 Å². The average molecular weight is 402 g/mol. The van der Waals surface area contributed by atoms with Crippen LogP contribution in [0.4, 0.5) is 5.69 Å². The molecule has 25 heavy (non-hydrogen) atoms. The van der Waals surface area contributed by atoms with E-state index in [0.717, 1.165) is 23.0 Å². The van der Waals surface area contributed by atoms with Crippen LogP contribution < -0.4 is 10.1 Å². The number of rotatable bonds is 5. The Morgan fingerprint density at radius 1 is 1.20 bits per heavy atom. The van der Waals surface area contributed by atoms with Gasteiger partial charge in [-0.1, -0.05) is 32.0 Å². The van der Waals surface area contributed by atoms with E-state index in [4.69, 9.17) is 4.74 Å². The van der Waals surface area contributed by atoms with Crippen LogP contribution in [0.5, 0.6) is 5.75 Å². The van der Waals surface area contributed by atoms with Crippen LogP contribution in [0, 0.1) is 0 Å². The lowest BCUT2D eigenvalue weighted by Gasteiger charge is -2.19. The lowest BCUT2D eigenvalue weighted by Crippen LogP contribution is -2.21. The number of hydrogen-bond donors (Lipinski definition) is 1. The van der Waals surface area contributed by atoms with Crippen molar-refractivity contribution in [3.63, 3.8) is 0 Å². The lowest BCUT2D eigenvalue weighted by atomic mass is 9.90. The number of nitrogens with one attached hydrogen (secondary N) is 1. The highest BCUT2D eigenvalue weighted by molar-refractivity contribution is 9.10. The molecule has 132 valence electrons. The van der Waals surface area contributed by atoms with Crippen LogP contribution in [-0.2, 0) is 17.6 Å². The molecule has 0 bridgehead atoms.